The van der Waals surface area contributed by atoms with Crippen molar-refractivity contribution in [3.8, 4) is 5.75 Å². The maximum Gasteiger partial charge on any atom is 0.270 e. The van der Waals surface area contributed by atoms with Crippen molar-refractivity contribution in [3.05, 3.63) is 59.8 Å². The molecule has 154 valence electrons. The van der Waals surface area contributed by atoms with Crippen molar-refractivity contribution in [1.82, 2.24) is 4.98 Å². The lowest BCUT2D eigenvalue weighted by Gasteiger charge is -2.27. The molecule has 1 aliphatic rings. The van der Waals surface area contributed by atoms with E-state index in [1.807, 2.05) is 26.0 Å². The van der Waals surface area contributed by atoms with Gasteiger partial charge in [0.1, 0.15) is 11.6 Å². The van der Waals surface area contributed by atoms with Gasteiger partial charge in [-0.15, -0.1) is 0 Å². The molecule has 1 aromatic heterocycles. The van der Waals surface area contributed by atoms with E-state index >= 15 is 0 Å². The first-order valence-corrected chi connectivity index (χ1v) is 10.2. The minimum atomic E-state index is -2.85. The highest BCUT2D eigenvalue weighted by Crippen LogP contribution is 2.43. The van der Waals surface area contributed by atoms with Crippen molar-refractivity contribution in [2.75, 3.05) is 12.4 Å². The fraction of sp³-hybridized carbons (Fsp3) is 0.375. The van der Waals surface area contributed by atoms with Gasteiger partial charge in [0.25, 0.3) is 5.92 Å². The van der Waals surface area contributed by atoms with Crippen molar-refractivity contribution in [1.29, 1.82) is 0 Å². The summed E-state index contributed by atoms with van der Waals surface area (Å²) >= 11 is 0. The smallest absolute Gasteiger partial charge is 0.270 e. The second-order valence-corrected chi connectivity index (χ2v) is 7.19. The van der Waals surface area contributed by atoms with E-state index in [9.17, 15) is 8.78 Å². The van der Waals surface area contributed by atoms with Crippen LogP contribution in [0, 0.1) is 0 Å². The second-order valence-electron chi connectivity index (χ2n) is 7.19. The fourth-order valence-corrected chi connectivity index (χ4v) is 3.52. The molecule has 2 aromatic carbocycles. The molecule has 1 fully saturated rings. The number of anilines is 2. The summed E-state index contributed by atoms with van der Waals surface area (Å²) in [6.45, 7) is 4.90. The highest BCUT2D eigenvalue weighted by Gasteiger charge is 2.25. The summed E-state index contributed by atoms with van der Waals surface area (Å²) in [4.78, 5) is 4.44. The van der Waals surface area contributed by atoms with Crippen LogP contribution in [0.4, 0.5) is 20.3 Å². The summed E-state index contributed by atoms with van der Waals surface area (Å²) in [6.07, 6.45) is 5.43. The molecule has 4 rings (SSSR count). The van der Waals surface area contributed by atoms with Crippen LogP contribution in [0.2, 0.25) is 0 Å². The van der Waals surface area contributed by atoms with Gasteiger partial charge in [-0.3, -0.25) is 0 Å². The van der Waals surface area contributed by atoms with Crippen LogP contribution in [0.5, 0.6) is 5.75 Å². The Labute approximate surface area is 171 Å². The monoisotopic (exact) mass is 398 g/mol. The average molecular weight is 398 g/mol. The normalized spacial score (nSPS) is 14.0. The van der Waals surface area contributed by atoms with Crippen LogP contribution in [0.15, 0.2) is 48.7 Å². The summed E-state index contributed by atoms with van der Waals surface area (Å²) < 4.78 is 32.4. The lowest BCUT2D eigenvalue weighted by Crippen LogP contribution is -2.10. The molecule has 0 unspecified atom stereocenters. The Bertz CT molecular complexity index is 961. The van der Waals surface area contributed by atoms with Crippen LogP contribution in [-0.2, 0) is 5.92 Å². The number of halogens is 2. The molecule has 1 heterocycles. The summed E-state index contributed by atoms with van der Waals surface area (Å²) in [6, 6.07) is 12.4. The Balaban J connectivity index is 0.00000117. The summed E-state index contributed by atoms with van der Waals surface area (Å²) in [5.41, 5.74) is 1.96. The van der Waals surface area contributed by atoms with Crippen molar-refractivity contribution < 1.29 is 13.5 Å². The Kier molecular flexibility index (Phi) is 6.36. The van der Waals surface area contributed by atoms with E-state index in [4.69, 9.17) is 4.74 Å². The maximum absolute atomic E-state index is 13.4. The molecule has 3 aromatic rings. The molecule has 1 N–H and O–H groups in total. The second kappa shape index (κ2) is 8.76. The highest BCUT2D eigenvalue weighted by molar-refractivity contribution is 5.95. The van der Waals surface area contributed by atoms with E-state index in [1.165, 1.54) is 37.0 Å². The van der Waals surface area contributed by atoms with Crippen LogP contribution >= 0.6 is 0 Å². The largest absolute Gasteiger partial charge is 0.496 e. The molecule has 0 spiro atoms. The van der Waals surface area contributed by atoms with Gasteiger partial charge >= 0.3 is 0 Å². The lowest BCUT2D eigenvalue weighted by atomic mass is 9.79. The fourth-order valence-electron chi connectivity index (χ4n) is 3.52. The van der Waals surface area contributed by atoms with Gasteiger partial charge in [-0.25, -0.2) is 13.8 Å². The maximum atomic E-state index is 13.4. The molecule has 0 amide bonds. The number of aromatic nitrogens is 1. The van der Waals surface area contributed by atoms with Gasteiger partial charge in [0.05, 0.1) is 7.11 Å². The van der Waals surface area contributed by atoms with Crippen LogP contribution < -0.4 is 10.1 Å². The van der Waals surface area contributed by atoms with Crippen molar-refractivity contribution in [3.63, 3.8) is 0 Å². The topological polar surface area (TPSA) is 34.1 Å². The van der Waals surface area contributed by atoms with Gasteiger partial charge in [0.15, 0.2) is 0 Å². The van der Waals surface area contributed by atoms with E-state index in [0.29, 0.717) is 17.4 Å². The van der Waals surface area contributed by atoms with E-state index in [-0.39, 0.29) is 5.56 Å². The minimum absolute atomic E-state index is 0.00858. The van der Waals surface area contributed by atoms with Crippen molar-refractivity contribution >= 4 is 22.3 Å². The minimum Gasteiger partial charge on any atom is -0.496 e. The van der Waals surface area contributed by atoms with Gasteiger partial charge in [-0.1, -0.05) is 32.4 Å². The number of fused-ring (bicyclic) bond motifs is 1. The first-order valence-electron chi connectivity index (χ1n) is 10.2. The quantitative estimate of drug-likeness (QED) is 0.486. The number of rotatable bonds is 5. The highest BCUT2D eigenvalue weighted by atomic mass is 19.3. The molecule has 0 bridgehead atoms. The van der Waals surface area contributed by atoms with E-state index in [2.05, 4.69) is 16.4 Å². The number of alkyl halides is 2. The van der Waals surface area contributed by atoms with Gasteiger partial charge in [-0.05, 0) is 60.0 Å². The zero-order valence-corrected chi connectivity index (χ0v) is 17.4. The predicted molar refractivity (Wildman–Crippen MR) is 116 cm³/mol. The van der Waals surface area contributed by atoms with Crippen LogP contribution in [-0.4, -0.2) is 12.1 Å². The SMILES string of the molecule is CC.COc1cc2c(Nc3ccc(C(C)(F)F)cc3)nccc2cc1C1CCC1. The predicted octanol–water partition coefficient (Wildman–Crippen LogP) is 7.39. The zero-order valence-electron chi connectivity index (χ0n) is 17.4. The molecule has 0 atom stereocenters. The molecule has 1 saturated carbocycles. The average Bonchev–Trinajstić information content (AvgIpc) is 2.68. The number of nitrogens with one attached hydrogen (secondary N) is 1. The number of ether oxygens (including phenoxy) is 1. The number of hydrogen-bond acceptors (Lipinski definition) is 3. The summed E-state index contributed by atoms with van der Waals surface area (Å²) in [7, 11) is 1.69. The summed E-state index contributed by atoms with van der Waals surface area (Å²) in [5, 5.41) is 5.28. The van der Waals surface area contributed by atoms with Gasteiger partial charge < -0.3 is 10.1 Å². The first kappa shape index (κ1) is 21.0. The first-order chi connectivity index (χ1) is 14.0. The summed E-state index contributed by atoms with van der Waals surface area (Å²) in [5.74, 6) is -0.718. The van der Waals surface area contributed by atoms with Gasteiger partial charge in [-0.2, -0.15) is 0 Å². The van der Waals surface area contributed by atoms with Crippen molar-refractivity contribution in [2.45, 2.75) is 51.9 Å². The molecule has 5 heteroatoms. The standard InChI is InChI=1S/C22H22F2N2O.C2H6/c1-22(23,24)16-6-8-17(9-7-16)26-21-19-13-20(27-2)18(14-4-3-5-14)12-15(19)10-11-25-21;1-2/h6-14H,3-5H2,1-2H3,(H,25,26);1-2H3. The van der Waals surface area contributed by atoms with Crippen LogP contribution in [0.1, 0.15) is 57.1 Å². The van der Waals surface area contributed by atoms with Gasteiger partial charge in [0, 0.05) is 29.8 Å². The molecule has 3 nitrogen and oxygen atoms in total. The third-order valence-corrected chi connectivity index (χ3v) is 5.31. The third kappa shape index (κ3) is 4.50. The van der Waals surface area contributed by atoms with Crippen LogP contribution in [0.25, 0.3) is 10.8 Å². The Morgan fingerprint density at radius 1 is 1.07 bits per heavy atom. The molecular formula is C24H28F2N2O. The Morgan fingerprint density at radius 2 is 1.76 bits per heavy atom. The number of hydrogen-bond donors (Lipinski definition) is 1. The van der Waals surface area contributed by atoms with E-state index in [1.54, 1.807) is 25.4 Å². The third-order valence-electron chi connectivity index (χ3n) is 5.31. The number of pyridine rings is 1. The molecular weight excluding hydrogens is 370 g/mol. The van der Waals surface area contributed by atoms with Gasteiger partial charge in [0.2, 0.25) is 0 Å². The molecule has 0 aliphatic heterocycles. The molecule has 29 heavy (non-hydrogen) atoms. The molecule has 1 aliphatic carbocycles. The van der Waals surface area contributed by atoms with Crippen molar-refractivity contribution in [2.24, 2.45) is 0 Å². The number of benzene rings is 2. The van der Waals surface area contributed by atoms with E-state index in [0.717, 1.165) is 23.4 Å². The Morgan fingerprint density at radius 3 is 2.31 bits per heavy atom. The molecule has 0 radical (unpaired) electrons. The van der Waals surface area contributed by atoms with E-state index < -0.39 is 5.92 Å². The molecule has 0 saturated heterocycles. The number of nitrogens with zero attached hydrogens (tertiary/aromatic N) is 1. The Hall–Kier alpha value is -2.69. The lowest BCUT2D eigenvalue weighted by molar-refractivity contribution is 0.0175. The number of methoxy groups -OCH3 is 1. The van der Waals surface area contributed by atoms with Crippen LogP contribution in [0.3, 0.4) is 0 Å². The zero-order chi connectivity index (χ0) is 21.0.